The summed E-state index contributed by atoms with van der Waals surface area (Å²) >= 11 is 6.12. The minimum Gasteiger partial charge on any atom is -0.377 e. The molecular weight excluding hydrogens is 299 g/mol. The van der Waals surface area contributed by atoms with Crippen LogP contribution in [0.2, 0.25) is 5.02 Å². The molecule has 0 aromatic heterocycles. The summed E-state index contributed by atoms with van der Waals surface area (Å²) in [4.78, 5) is 0. The number of hydrogen-bond donors (Lipinski definition) is 1. The number of aryl methyl sites for hydroxylation is 1. The molecule has 2 aromatic carbocycles. The molecule has 0 saturated carbocycles. The fourth-order valence-electron chi connectivity index (χ4n) is 2.04. The highest BCUT2D eigenvalue weighted by molar-refractivity contribution is 6.33. The molecule has 1 unspecified atom stereocenters. The van der Waals surface area contributed by atoms with Crippen LogP contribution in [0.15, 0.2) is 42.5 Å². The molecule has 0 fully saturated rings. The van der Waals surface area contributed by atoms with Crippen molar-refractivity contribution in [3.8, 4) is 0 Å². The second-order valence-electron chi connectivity index (χ2n) is 4.97. The standard InChI is InChI=1S/C16H15ClF3N/c1-10-6-7-15(14(17)8-10)21-11(2)12-4-3-5-13(9-12)16(18,19)20/h3-9,11,21H,1-2H3. The van der Waals surface area contributed by atoms with E-state index in [0.717, 1.165) is 17.7 Å². The number of halogens is 4. The first-order valence-corrected chi connectivity index (χ1v) is 6.85. The average molecular weight is 314 g/mol. The van der Waals surface area contributed by atoms with E-state index >= 15 is 0 Å². The molecule has 0 saturated heterocycles. The third-order valence-corrected chi connectivity index (χ3v) is 3.52. The monoisotopic (exact) mass is 313 g/mol. The third-order valence-electron chi connectivity index (χ3n) is 3.21. The molecule has 0 aliphatic heterocycles. The van der Waals surface area contributed by atoms with Crippen molar-refractivity contribution in [1.82, 2.24) is 0 Å². The van der Waals surface area contributed by atoms with Crippen LogP contribution in [0.5, 0.6) is 0 Å². The zero-order chi connectivity index (χ0) is 15.6. The molecule has 1 atom stereocenters. The van der Waals surface area contributed by atoms with Crippen LogP contribution in [0.4, 0.5) is 18.9 Å². The van der Waals surface area contributed by atoms with E-state index in [9.17, 15) is 13.2 Å². The van der Waals surface area contributed by atoms with Crippen molar-refractivity contribution in [2.24, 2.45) is 0 Å². The van der Waals surface area contributed by atoms with Crippen molar-refractivity contribution in [3.05, 3.63) is 64.2 Å². The second-order valence-corrected chi connectivity index (χ2v) is 5.38. The molecule has 2 rings (SSSR count). The molecule has 5 heteroatoms. The minimum absolute atomic E-state index is 0.285. The zero-order valence-electron chi connectivity index (χ0n) is 11.6. The topological polar surface area (TPSA) is 12.0 Å². The van der Waals surface area contributed by atoms with Crippen LogP contribution in [-0.4, -0.2) is 0 Å². The molecule has 21 heavy (non-hydrogen) atoms. The van der Waals surface area contributed by atoms with Gasteiger partial charge in [-0.25, -0.2) is 0 Å². The minimum atomic E-state index is -4.34. The molecule has 0 aliphatic rings. The maximum atomic E-state index is 12.7. The number of anilines is 1. The van der Waals surface area contributed by atoms with Crippen LogP contribution in [-0.2, 0) is 6.18 Å². The van der Waals surface area contributed by atoms with Gasteiger partial charge in [-0.15, -0.1) is 0 Å². The van der Waals surface area contributed by atoms with Crippen molar-refractivity contribution in [2.75, 3.05) is 5.32 Å². The number of benzene rings is 2. The quantitative estimate of drug-likeness (QED) is 0.750. The lowest BCUT2D eigenvalue weighted by Gasteiger charge is -2.18. The van der Waals surface area contributed by atoms with E-state index in [1.165, 1.54) is 6.07 Å². The Morgan fingerprint density at radius 2 is 1.81 bits per heavy atom. The van der Waals surface area contributed by atoms with E-state index < -0.39 is 11.7 Å². The van der Waals surface area contributed by atoms with Gasteiger partial charge in [0.2, 0.25) is 0 Å². The molecule has 1 nitrogen and oxygen atoms in total. The SMILES string of the molecule is Cc1ccc(NC(C)c2cccc(C(F)(F)F)c2)c(Cl)c1. The van der Waals surface area contributed by atoms with Gasteiger partial charge in [0, 0.05) is 6.04 Å². The van der Waals surface area contributed by atoms with Crippen LogP contribution in [0.1, 0.15) is 29.7 Å². The Labute approximate surface area is 126 Å². The summed E-state index contributed by atoms with van der Waals surface area (Å²) in [6, 6.07) is 10.5. The zero-order valence-corrected chi connectivity index (χ0v) is 12.4. The van der Waals surface area contributed by atoms with E-state index in [4.69, 9.17) is 11.6 Å². The Hall–Kier alpha value is -1.68. The van der Waals surface area contributed by atoms with Crippen molar-refractivity contribution >= 4 is 17.3 Å². The van der Waals surface area contributed by atoms with E-state index in [1.807, 2.05) is 25.1 Å². The van der Waals surface area contributed by atoms with Gasteiger partial charge in [0.05, 0.1) is 16.3 Å². The molecule has 1 N–H and O–H groups in total. The van der Waals surface area contributed by atoms with Crippen molar-refractivity contribution in [2.45, 2.75) is 26.1 Å². The summed E-state index contributed by atoms with van der Waals surface area (Å²) in [6.07, 6.45) is -4.34. The molecular formula is C16H15ClF3N. The Bertz CT molecular complexity index is 638. The summed E-state index contributed by atoms with van der Waals surface area (Å²) in [7, 11) is 0. The Kier molecular flexibility index (Phi) is 4.47. The van der Waals surface area contributed by atoms with Gasteiger partial charge in [0.15, 0.2) is 0 Å². The molecule has 2 aromatic rings. The van der Waals surface area contributed by atoms with Crippen LogP contribution in [0.3, 0.4) is 0 Å². The smallest absolute Gasteiger partial charge is 0.377 e. The van der Waals surface area contributed by atoms with Crippen molar-refractivity contribution in [3.63, 3.8) is 0 Å². The number of nitrogens with one attached hydrogen (secondary N) is 1. The number of alkyl halides is 3. The summed E-state index contributed by atoms with van der Waals surface area (Å²) < 4.78 is 38.2. The van der Waals surface area contributed by atoms with Crippen LogP contribution in [0, 0.1) is 6.92 Å². The maximum Gasteiger partial charge on any atom is 0.416 e. The summed E-state index contributed by atoms with van der Waals surface area (Å²) in [5, 5.41) is 3.68. The highest BCUT2D eigenvalue weighted by Crippen LogP contribution is 2.32. The highest BCUT2D eigenvalue weighted by Gasteiger charge is 2.30. The highest BCUT2D eigenvalue weighted by atomic mass is 35.5. The van der Waals surface area contributed by atoms with E-state index in [-0.39, 0.29) is 6.04 Å². The summed E-state index contributed by atoms with van der Waals surface area (Å²) in [5.74, 6) is 0. The fourth-order valence-corrected chi connectivity index (χ4v) is 2.33. The Balaban J connectivity index is 2.22. The van der Waals surface area contributed by atoms with Gasteiger partial charge in [-0.05, 0) is 49.2 Å². The Morgan fingerprint density at radius 3 is 2.43 bits per heavy atom. The Morgan fingerprint density at radius 1 is 1.10 bits per heavy atom. The lowest BCUT2D eigenvalue weighted by atomic mass is 10.0. The molecule has 0 aliphatic carbocycles. The molecule has 0 spiro atoms. The fraction of sp³-hybridized carbons (Fsp3) is 0.250. The third kappa shape index (κ3) is 3.91. The van der Waals surface area contributed by atoms with Crippen molar-refractivity contribution in [1.29, 1.82) is 0 Å². The van der Waals surface area contributed by atoms with Gasteiger partial charge in [0.1, 0.15) is 0 Å². The van der Waals surface area contributed by atoms with Gasteiger partial charge >= 0.3 is 6.18 Å². The normalized spacial score (nSPS) is 13.0. The van der Waals surface area contributed by atoms with Crippen LogP contribution >= 0.6 is 11.6 Å². The van der Waals surface area contributed by atoms with Gasteiger partial charge in [-0.2, -0.15) is 13.2 Å². The lowest BCUT2D eigenvalue weighted by molar-refractivity contribution is -0.137. The number of rotatable bonds is 3. The first kappa shape index (κ1) is 15.7. The molecule has 0 amide bonds. The van der Waals surface area contributed by atoms with Gasteiger partial charge in [-0.3, -0.25) is 0 Å². The number of hydrogen-bond acceptors (Lipinski definition) is 1. The van der Waals surface area contributed by atoms with Gasteiger partial charge in [0.25, 0.3) is 0 Å². The van der Waals surface area contributed by atoms with Gasteiger partial charge < -0.3 is 5.32 Å². The predicted molar refractivity (Wildman–Crippen MR) is 79.7 cm³/mol. The van der Waals surface area contributed by atoms with E-state index in [1.54, 1.807) is 13.0 Å². The maximum absolute atomic E-state index is 12.7. The molecule has 112 valence electrons. The largest absolute Gasteiger partial charge is 0.416 e. The summed E-state index contributed by atoms with van der Waals surface area (Å²) in [5.41, 5.74) is 1.63. The van der Waals surface area contributed by atoms with E-state index in [2.05, 4.69) is 5.32 Å². The lowest BCUT2D eigenvalue weighted by Crippen LogP contribution is -2.10. The second kappa shape index (κ2) is 5.98. The molecule has 0 bridgehead atoms. The predicted octanol–water partition coefficient (Wildman–Crippen LogP) is 5.84. The van der Waals surface area contributed by atoms with Crippen molar-refractivity contribution < 1.29 is 13.2 Å². The van der Waals surface area contributed by atoms with Gasteiger partial charge in [-0.1, -0.05) is 29.8 Å². The average Bonchev–Trinajstić information content (AvgIpc) is 2.41. The van der Waals surface area contributed by atoms with Crippen LogP contribution in [0.25, 0.3) is 0 Å². The molecule has 0 radical (unpaired) electrons. The first-order valence-electron chi connectivity index (χ1n) is 6.47. The van der Waals surface area contributed by atoms with Crippen LogP contribution < -0.4 is 5.32 Å². The summed E-state index contributed by atoms with van der Waals surface area (Å²) in [6.45, 7) is 3.72. The first-order chi connectivity index (χ1) is 9.77. The molecule has 0 heterocycles. The van der Waals surface area contributed by atoms with E-state index in [0.29, 0.717) is 16.3 Å².